The summed E-state index contributed by atoms with van der Waals surface area (Å²) >= 11 is 16.2. The van der Waals surface area contributed by atoms with Crippen molar-refractivity contribution in [1.82, 2.24) is 0 Å². The van der Waals surface area contributed by atoms with Crippen molar-refractivity contribution < 1.29 is 56.4 Å². The summed E-state index contributed by atoms with van der Waals surface area (Å²) in [6.07, 6.45) is -3.67. The summed E-state index contributed by atoms with van der Waals surface area (Å²) in [4.78, 5) is 46.7. The molecule has 0 fully saturated rings. The zero-order valence-electron chi connectivity index (χ0n) is 26.6. The Bertz CT molecular complexity index is 1330. The highest BCUT2D eigenvalue weighted by Crippen LogP contribution is 2.22. The third kappa shape index (κ3) is 18.9. The number of carbonyl (C=O) groups excluding carboxylic acids is 4. The Kier molecular flexibility index (Phi) is 22.9. The molecule has 0 saturated heterocycles. The lowest BCUT2D eigenvalue weighted by atomic mass is 10.2. The van der Waals surface area contributed by atoms with Gasteiger partial charge in [-0.05, 0) is 49.2 Å². The Morgan fingerprint density at radius 3 is 1.49 bits per heavy atom. The Morgan fingerprint density at radius 2 is 1.08 bits per heavy atom. The van der Waals surface area contributed by atoms with E-state index in [1.807, 2.05) is 0 Å². The van der Waals surface area contributed by atoms with Crippen molar-refractivity contribution >= 4 is 97.6 Å². The summed E-state index contributed by atoms with van der Waals surface area (Å²) in [5, 5.41) is 10.1. The number of nitrogens with one attached hydrogen (secondary N) is 4. The average Bonchev–Trinajstić information content (AvgIpc) is 3.08. The second kappa shape index (κ2) is 25.6. The average molecular weight is 771 g/mol. The number of benzene rings is 2. The highest BCUT2D eigenvalue weighted by molar-refractivity contribution is 7.81. The van der Waals surface area contributed by atoms with Crippen LogP contribution in [0.25, 0.3) is 0 Å². The lowest BCUT2D eigenvalue weighted by molar-refractivity contribution is -0.125. The molecule has 2 aromatic carbocycles. The first-order chi connectivity index (χ1) is 23.5. The van der Waals surface area contributed by atoms with Crippen LogP contribution in [0.4, 0.5) is 50.7 Å². The Morgan fingerprint density at radius 1 is 0.633 bits per heavy atom. The van der Waals surface area contributed by atoms with Gasteiger partial charge in [0, 0.05) is 45.8 Å². The maximum absolute atomic E-state index is 11.9. The number of hydrogen-bond donors (Lipinski definition) is 8. The van der Waals surface area contributed by atoms with Gasteiger partial charge in [-0.2, -0.15) is 50.5 Å². The van der Waals surface area contributed by atoms with Gasteiger partial charge in [-0.1, -0.05) is 12.1 Å². The van der Waals surface area contributed by atoms with Gasteiger partial charge >= 0.3 is 24.4 Å². The van der Waals surface area contributed by atoms with E-state index in [0.717, 1.165) is 11.1 Å². The number of carbonyl (C=O) groups is 4. The molecule has 0 aliphatic rings. The molecular weight excluding hydrogens is 731 g/mol. The Hall–Kier alpha value is -3.30. The first-order valence-corrected chi connectivity index (χ1v) is 16.8. The van der Waals surface area contributed by atoms with Crippen LogP contribution < -0.4 is 21.3 Å². The number of amides is 4. The lowest BCUT2D eigenvalue weighted by Gasteiger charge is -2.15. The predicted molar refractivity (Wildman–Crippen MR) is 194 cm³/mol. The molecule has 0 aromatic heterocycles. The summed E-state index contributed by atoms with van der Waals surface area (Å²) < 4.78 is 52.2. The molecule has 0 aliphatic carbocycles. The van der Waals surface area contributed by atoms with E-state index < -0.39 is 56.9 Å². The molecule has 49 heavy (non-hydrogen) atoms. The molecule has 14 nitrogen and oxygen atoms in total. The summed E-state index contributed by atoms with van der Waals surface area (Å²) in [6.45, 7) is 0.784. The molecule has 0 radical (unpaired) electrons. The molecule has 0 unspecified atom stereocenters. The maximum Gasteiger partial charge on any atom is 0.413 e. The molecule has 4 N–H and O–H groups in total. The molecule has 0 heterocycles. The fourth-order valence-corrected chi connectivity index (χ4v) is 4.40. The van der Waals surface area contributed by atoms with Gasteiger partial charge in [-0.3, -0.25) is 21.3 Å². The molecule has 20 heteroatoms. The van der Waals surface area contributed by atoms with E-state index in [1.54, 1.807) is 50.2 Å². The van der Waals surface area contributed by atoms with Crippen LogP contribution >= 0.6 is 50.5 Å². The summed E-state index contributed by atoms with van der Waals surface area (Å²) in [5.74, 6) is 1.42. The highest BCUT2D eigenvalue weighted by Gasteiger charge is 2.15. The molecule has 0 atom stereocenters. The van der Waals surface area contributed by atoms with Crippen molar-refractivity contribution in [3.05, 3.63) is 47.5 Å². The topological polar surface area (TPSA) is 172 Å². The molecule has 0 aliphatic heterocycles. The van der Waals surface area contributed by atoms with E-state index in [2.05, 4.69) is 81.3 Å². The van der Waals surface area contributed by atoms with Crippen LogP contribution in [0, 0.1) is 13.8 Å². The van der Waals surface area contributed by atoms with Crippen molar-refractivity contribution in [2.45, 2.75) is 26.1 Å². The summed E-state index contributed by atoms with van der Waals surface area (Å²) in [7, 11) is 0. The van der Waals surface area contributed by atoms with Gasteiger partial charge in [0.05, 0.1) is 0 Å². The number of alkyl halides is 2. The second-order valence-electron chi connectivity index (χ2n) is 9.35. The fraction of sp³-hybridized carbons (Fsp3) is 0.448. The highest BCUT2D eigenvalue weighted by atomic mass is 32.1. The first-order valence-electron chi connectivity index (χ1n) is 14.2. The lowest BCUT2D eigenvalue weighted by Crippen LogP contribution is -2.25. The smallest absolute Gasteiger partial charge is 0.413 e. The summed E-state index contributed by atoms with van der Waals surface area (Å²) in [5.41, 5.74) is 3.25. The van der Waals surface area contributed by atoms with Gasteiger partial charge in [-0.15, -0.1) is 0 Å². The Labute approximate surface area is 304 Å². The molecule has 0 saturated carbocycles. The van der Waals surface area contributed by atoms with Crippen LogP contribution in [-0.4, -0.2) is 93.3 Å². The third-order valence-corrected chi connectivity index (χ3v) is 7.26. The first kappa shape index (κ1) is 43.7. The van der Waals surface area contributed by atoms with Crippen molar-refractivity contribution in [3.8, 4) is 0 Å². The van der Waals surface area contributed by atoms with Gasteiger partial charge in [0.2, 0.25) is 0 Å². The number of halogens is 2. The molecule has 2 aromatic rings. The van der Waals surface area contributed by atoms with Gasteiger partial charge in [-0.25, -0.2) is 28.0 Å². The number of hydrogen-bond acceptors (Lipinski definition) is 14. The van der Waals surface area contributed by atoms with E-state index in [9.17, 15) is 28.0 Å². The molecule has 274 valence electrons. The zero-order valence-corrected chi connectivity index (χ0v) is 30.2. The number of rotatable bonds is 17. The van der Waals surface area contributed by atoms with E-state index in [4.69, 9.17) is 18.9 Å². The second-order valence-corrected chi connectivity index (χ2v) is 10.8. The molecule has 4 amide bonds. The zero-order chi connectivity index (χ0) is 36.6. The van der Waals surface area contributed by atoms with Crippen LogP contribution in [0.5, 0.6) is 0 Å². The van der Waals surface area contributed by atoms with E-state index in [0.29, 0.717) is 45.8 Å². The number of anilines is 4. The standard InChI is InChI=1S/C15H21FN2O6S2.C14H19FN2O4S2/c1-10-2-3-11(17-14(19)23-9-22-8-21-7-16)4-13(10)18-15(20)24-12(5-25)6-26;1-9-2-3-10(16-13(18)20-5-4-15)6-12(9)17-14(19)21-11(7-22)8-23/h2-4,12,25-26H,5-9H2,1H3,(H,17,19)(H,18,20);2-3,6,11,22-23H,4-5,7-8H2,1H3,(H,16,18)(H,17,19). The van der Waals surface area contributed by atoms with Crippen LogP contribution in [0.1, 0.15) is 11.1 Å². The molecule has 0 bridgehead atoms. The fourth-order valence-electron chi connectivity index (χ4n) is 3.17. The molecule has 2 rings (SSSR count). The van der Waals surface area contributed by atoms with Crippen molar-refractivity contribution in [1.29, 1.82) is 0 Å². The maximum atomic E-state index is 11.9. The number of thiol groups is 4. The number of aryl methyl sites for hydroxylation is 2. The van der Waals surface area contributed by atoms with Gasteiger partial charge in [0.15, 0.2) is 20.4 Å². The van der Waals surface area contributed by atoms with Gasteiger partial charge in [0.25, 0.3) is 0 Å². The Balaban J connectivity index is 0.000000494. The van der Waals surface area contributed by atoms with Crippen molar-refractivity contribution in [2.24, 2.45) is 0 Å². The largest absolute Gasteiger partial charge is 0.447 e. The number of ether oxygens (including phenoxy) is 6. The van der Waals surface area contributed by atoms with E-state index in [-0.39, 0.29) is 13.4 Å². The third-order valence-electron chi connectivity index (χ3n) is 5.63. The monoisotopic (exact) mass is 770 g/mol. The predicted octanol–water partition coefficient (Wildman–Crippen LogP) is 6.49. The quantitative estimate of drug-likeness (QED) is 0.0385. The van der Waals surface area contributed by atoms with Crippen LogP contribution in [0.3, 0.4) is 0 Å². The normalized spacial score (nSPS) is 10.4. The summed E-state index contributed by atoms with van der Waals surface area (Å²) in [6, 6.07) is 9.75. The van der Waals surface area contributed by atoms with Crippen molar-refractivity contribution in [3.63, 3.8) is 0 Å². The molecular formula is C29H40F2N4O10S4. The SMILES string of the molecule is Cc1ccc(NC(=O)OCCF)cc1NC(=O)OC(CS)CS.Cc1ccc(NC(=O)OCOCOCF)cc1NC(=O)OC(CS)CS. The van der Waals surface area contributed by atoms with E-state index in [1.165, 1.54) is 0 Å². The minimum atomic E-state index is -0.990. The van der Waals surface area contributed by atoms with Crippen LogP contribution in [-0.2, 0) is 28.4 Å². The van der Waals surface area contributed by atoms with Crippen LogP contribution in [0.2, 0.25) is 0 Å². The van der Waals surface area contributed by atoms with E-state index >= 15 is 0 Å². The minimum Gasteiger partial charge on any atom is -0.447 e. The van der Waals surface area contributed by atoms with Gasteiger partial charge in [0.1, 0.15) is 25.5 Å². The molecule has 0 spiro atoms. The van der Waals surface area contributed by atoms with Crippen LogP contribution in [0.15, 0.2) is 36.4 Å². The van der Waals surface area contributed by atoms with Crippen molar-refractivity contribution in [2.75, 3.05) is 78.0 Å². The minimum absolute atomic E-state index is 0.316. The van der Waals surface area contributed by atoms with Gasteiger partial charge < -0.3 is 28.4 Å².